The summed E-state index contributed by atoms with van der Waals surface area (Å²) in [4.78, 5) is 2.40. The first-order valence-corrected chi connectivity index (χ1v) is 18.6. The number of rotatable bonds is 6. The Labute approximate surface area is 307 Å². The molecule has 1 nitrogen and oxygen atoms in total. The van der Waals surface area contributed by atoms with Crippen LogP contribution in [0.3, 0.4) is 0 Å². The van der Waals surface area contributed by atoms with Crippen LogP contribution in [0.4, 0.5) is 17.1 Å². The third-order valence-electron chi connectivity index (χ3n) is 10.2. The molecule has 2 heteroatoms. The molecular weight excluding hydrogens is 647 g/mol. The Hall–Kier alpha value is -6.48. The molecule has 0 N–H and O–H groups in total. The van der Waals surface area contributed by atoms with Gasteiger partial charge in [-0.2, -0.15) is 0 Å². The summed E-state index contributed by atoms with van der Waals surface area (Å²) in [6, 6.07) is 73.1. The Morgan fingerprint density at radius 1 is 0.288 bits per heavy atom. The molecule has 1 heterocycles. The predicted molar refractivity (Wildman–Crippen MR) is 225 cm³/mol. The van der Waals surface area contributed by atoms with E-state index >= 15 is 0 Å². The molecule has 0 atom stereocenters. The zero-order valence-corrected chi connectivity index (χ0v) is 29.2. The van der Waals surface area contributed by atoms with Crippen molar-refractivity contribution >= 4 is 70.1 Å². The van der Waals surface area contributed by atoms with Gasteiger partial charge in [0.25, 0.3) is 0 Å². The fourth-order valence-corrected chi connectivity index (χ4v) is 8.81. The number of thiophene rings is 1. The maximum Gasteiger partial charge on any atom is 0.0467 e. The molecule has 0 unspecified atom stereocenters. The van der Waals surface area contributed by atoms with Crippen molar-refractivity contribution in [3.05, 3.63) is 200 Å². The van der Waals surface area contributed by atoms with Gasteiger partial charge in [-0.25, -0.2) is 0 Å². The predicted octanol–water partition coefficient (Wildman–Crippen LogP) is 14.8. The summed E-state index contributed by atoms with van der Waals surface area (Å²) in [5.74, 6) is 0. The van der Waals surface area contributed by atoms with E-state index < -0.39 is 0 Å². The third kappa shape index (κ3) is 5.42. The average molecular weight is 680 g/mol. The van der Waals surface area contributed by atoms with Crippen LogP contribution in [0.2, 0.25) is 0 Å². The molecule has 52 heavy (non-hydrogen) atoms. The average Bonchev–Trinajstić information content (AvgIpc) is 3.59. The van der Waals surface area contributed by atoms with E-state index in [0.29, 0.717) is 0 Å². The SMILES string of the molecule is c1cc(-c2ccc3ccccc3c2)cc(N(c2cccc(-c3ccc4c(c3)sc3ccccc34)c2)c2cccc(-c3cccc4ccccc34)c2)c1. The van der Waals surface area contributed by atoms with E-state index in [9.17, 15) is 0 Å². The van der Waals surface area contributed by atoms with Gasteiger partial charge in [0.15, 0.2) is 0 Å². The molecule has 0 radical (unpaired) electrons. The topological polar surface area (TPSA) is 3.24 Å². The highest BCUT2D eigenvalue weighted by molar-refractivity contribution is 7.25. The number of hydrogen-bond donors (Lipinski definition) is 0. The van der Waals surface area contributed by atoms with Crippen molar-refractivity contribution in [2.24, 2.45) is 0 Å². The maximum atomic E-state index is 2.40. The highest BCUT2D eigenvalue weighted by Gasteiger charge is 2.17. The maximum absolute atomic E-state index is 2.40. The van der Waals surface area contributed by atoms with Crippen molar-refractivity contribution < 1.29 is 0 Å². The highest BCUT2D eigenvalue weighted by atomic mass is 32.1. The summed E-state index contributed by atoms with van der Waals surface area (Å²) in [6.45, 7) is 0. The Kier molecular flexibility index (Phi) is 7.41. The Balaban J connectivity index is 1.13. The standard InChI is InChI=1S/C50H33NS/c1-2-13-36-29-39(26-25-34(36)11-1)37-15-7-18-42(30-37)51(44-20-9-17-41(32-44)46-23-10-14-35-12-3-4-21-45(35)46)43-19-8-16-38(31-43)40-27-28-48-47-22-5-6-24-49(47)52-50(48)33-40/h1-33H. The lowest BCUT2D eigenvalue weighted by Gasteiger charge is -2.27. The van der Waals surface area contributed by atoms with E-state index in [2.05, 4.69) is 205 Å². The summed E-state index contributed by atoms with van der Waals surface area (Å²) < 4.78 is 2.64. The fraction of sp³-hybridized carbons (Fsp3) is 0. The van der Waals surface area contributed by atoms with E-state index in [1.807, 2.05) is 11.3 Å². The summed E-state index contributed by atoms with van der Waals surface area (Å²) in [7, 11) is 0. The van der Waals surface area contributed by atoms with Crippen LogP contribution in [0.15, 0.2) is 200 Å². The van der Waals surface area contributed by atoms with Crippen molar-refractivity contribution in [1.82, 2.24) is 0 Å². The fourth-order valence-electron chi connectivity index (χ4n) is 7.66. The first-order valence-electron chi connectivity index (χ1n) is 17.7. The molecule has 244 valence electrons. The van der Waals surface area contributed by atoms with Crippen LogP contribution in [0.1, 0.15) is 0 Å². The molecule has 0 spiro atoms. The van der Waals surface area contributed by atoms with E-state index in [-0.39, 0.29) is 0 Å². The smallest absolute Gasteiger partial charge is 0.0467 e. The van der Waals surface area contributed by atoms with Gasteiger partial charge in [0.05, 0.1) is 0 Å². The second-order valence-corrected chi connectivity index (χ2v) is 14.5. The first kappa shape index (κ1) is 30.4. The van der Waals surface area contributed by atoms with Gasteiger partial charge >= 0.3 is 0 Å². The van der Waals surface area contributed by atoms with E-state index in [4.69, 9.17) is 0 Å². The van der Waals surface area contributed by atoms with Crippen LogP contribution >= 0.6 is 11.3 Å². The van der Waals surface area contributed by atoms with Crippen LogP contribution in [-0.4, -0.2) is 0 Å². The van der Waals surface area contributed by atoms with Crippen molar-refractivity contribution in [1.29, 1.82) is 0 Å². The lowest BCUT2D eigenvalue weighted by atomic mass is 9.97. The van der Waals surface area contributed by atoms with E-state index in [1.165, 1.54) is 75.1 Å². The van der Waals surface area contributed by atoms with Crippen LogP contribution in [0.5, 0.6) is 0 Å². The van der Waals surface area contributed by atoms with Crippen LogP contribution in [-0.2, 0) is 0 Å². The molecule has 0 saturated heterocycles. The first-order chi connectivity index (χ1) is 25.7. The van der Waals surface area contributed by atoms with Gasteiger partial charge < -0.3 is 4.90 Å². The summed E-state index contributed by atoms with van der Waals surface area (Å²) in [5, 5.41) is 7.64. The largest absolute Gasteiger partial charge is 0.310 e. The number of benzene rings is 9. The molecule has 0 bridgehead atoms. The van der Waals surface area contributed by atoms with E-state index in [0.717, 1.165) is 17.1 Å². The Morgan fingerprint density at radius 2 is 0.808 bits per heavy atom. The second-order valence-electron chi connectivity index (χ2n) is 13.4. The summed E-state index contributed by atoms with van der Waals surface area (Å²) in [6.07, 6.45) is 0. The number of fused-ring (bicyclic) bond motifs is 5. The number of anilines is 3. The van der Waals surface area contributed by atoms with Crippen molar-refractivity contribution in [2.45, 2.75) is 0 Å². The molecule has 1 aromatic heterocycles. The highest BCUT2D eigenvalue weighted by Crippen LogP contribution is 2.42. The van der Waals surface area contributed by atoms with Gasteiger partial charge in [0.2, 0.25) is 0 Å². The lowest BCUT2D eigenvalue weighted by molar-refractivity contribution is 1.28. The van der Waals surface area contributed by atoms with E-state index in [1.54, 1.807) is 0 Å². The molecule has 0 aliphatic heterocycles. The Bertz CT molecular complexity index is 2930. The van der Waals surface area contributed by atoms with Gasteiger partial charge in [-0.15, -0.1) is 11.3 Å². The van der Waals surface area contributed by atoms with Crippen LogP contribution < -0.4 is 4.90 Å². The van der Waals surface area contributed by atoms with Gasteiger partial charge in [-0.1, -0.05) is 146 Å². The van der Waals surface area contributed by atoms with Crippen molar-refractivity contribution in [3.63, 3.8) is 0 Å². The molecule has 0 aliphatic rings. The lowest BCUT2D eigenvalue weighted by Crippen LogP contribution is -2.10. The van der Waals surface area contributed by atoms with Gasteiger partial charge in [0, 0.05) is 37.2 Å². The third-order valence-corrected chi connectivity index (χ3v) is 11.3. The summed E-state index contributed by atoms with van der Waals surface area (Å²) >= 11 is 1.86. The van der Waals surface area contributed by atoms with Gasteiger partial charge in [0.1, 0.15) is 0 Å². The van der Waals surface area contributed by atoms with Crippen molar-refractivity contribution in [3.8, 4) is 33.4 Å². The Morgan fingerprint density at radius 3 is 1.58 bits per heavy atom. The minimum Gasteiger partial charge on any atom is -0.310 e. The van der Waals surface area contributed by atoms with Gasteiger partial charge in [-0.05, 0) is 110 Å². The van der Waals surface area contributed by atoms with Crippen molar-refractivity contribution in [2.75, 3.05) is 4.90 Å². The zero-order chi connectivity index (χ0) is 34.4. The molecule has 0 amide bonds. The minimum absolute atomic E-state index is 1.11. The molecular formula is C50H33NS. The number of hydrogen-bond acceptors (Lipinski definition) is 2. The second kappa shape index (κ2) is 12.7. The van der Waals surface area contributed by atoms with Gasteiger partial charge in [-0.3, -0.25) is 0 Å². The molecule has 0 saturated carbocycles. The summed E-state index contributed by atoms with van der Waals surface area (Å²) in [5.41, 5.74) is 10.6. The molecule has 9 aromatic carbocycles. The molecule has 10 rings (SSSR count). The van der Waals surface area contributed by atoms with Crippen LogP contribution in [0.25, 0.3) is 75.1 Å². The quantitative estimate of drug-likeness (QED) is 0.169. The number of nitrogens with zero attached hydrogens (tertiary/aromatic N) is 1. The van der Waals surface area contributed by atoms with Crippen LogP contribution in [0, 0.1) is 0 Å². The zero-order valence-electron chi connectivity index (χ0n) is 28.4. The molecule has 0 fully saturated rings. The minimum atomic E-state index is 1.11. The normalized spacial score (nSPS) is 11.5. The molecule has 10 aromatic rings. The molecule has 0 aliphatic carbocycles. The monoisotopic (exact) mass is 679 g/mol.